The summed E-state index contributed by atoms with van der Waals surface area (Å²) in [6.07, 6.45) is 5.01. The summed E-state index contributed by atoms with van der Waals surface area (Å²) in [5.41, 5.74) is 8.53. The number of rotatable bonds is 9. The highest BCUT2D eigenvalue weighted by molar-refractivity contribution is 7.10. The van der Waals surface area contributed by atoms with Crippen molar-refractivity contribution < 1.29 is 38.2 Å². The van der Waals surface area contributed by atoms with Gasteiger partial charge in [-0.25, -0.2) is 15.2 Å². The fourth-order valence-electron chi connectivity index (χ4n) is 10.5. The summed E-state index contributed by atoms with van der Waals surface area (Å²) in [4.78, 5) is 84.7. The number of methoxy groups -OCH3 is 1. The first-order chi connectivity index (χ1) is 33.0. The minimum atomic E-state index is -1.10. The number of hydrazine groups is 1. The number of carbonyl (C=O) groups is 5. The zero-order chi connectivity index (χ0) is 49.4. The number of pyridine rings is 1. The summed E-state index contributed by atoms with van der Waals surface area (Å²) < 4.78 is 20.5. The number of nitrogens with zero attached hydrogens (tertiary/aromatic N) is 7. The Labute approximate surface area is 408 Å². The zero-order valence-corrected chi connectivity index (χ0v) is 42.0. The Bertz CT molecular complexity index is 2610. The number of urea groups is 1. The fraction of sp³-hybridized carbons (Fsp3) is 0.549. The molecule has 1 unspecified atom stereocenters. The van der Waals surface area contributed by atoms with Crippen LogP contribution in [0.15, 0.2) is 54.6 Å². The number of likely N-dealkylation sites (tertiary alicyclic amines) is 1. The third-order valence-corrected chi connectivity index (χ3v) is 15.0. The van der Waals surface area contributed by atoms with Crippen LogP contribution in [0.2, 0.25) is 0 Å². The molecule has 3 saturated heterocycles. The van der Waals surface area contributed by atoms with Crippen molar-refractivity contribution in [2.24, 2.45) is 11.3 Å². The second kappa shape index (κ2) is 20.3. The van der Waals surface area contributed by atoms with E-state index < -0.39 is 46.9 Å². The number of hydrogen-bond acceptors (Lipinski definition) is 12. The van der Waals surface area contributed by atoms with Crippen molar-refractivity contribution in [1.82, 2.24) is 45.0 Å². The second-order valence-electron chi connectivity index (χ2n) is 20.0. The van der Waals surface area contributed by atoms with E-state index in [0.717, 1.165) is 44.7 Å². The highest BCUT2D eigenvalue weighted by Crippen LogP contribution is 2.42. The van der Waals surface area contributed by atoms with Gasteiger partial charge in [0.15, 0.2) is 0 Å². The number of cyclic esters (lactones) is 1. The number of aromatic nitrogens is 3. The van der Waals surface area contributed by atoms with Crippen molar-refractivity contribution in [3.63, 3.8) is 0 Å². The molecule has 1 aromatic carbocycles. The summed E-state index contributed by atoms with van der Waals surface area (Å²) in [7, 11) is 3.29. The lowest BCUT2D eigenvalue weighted by atomic mass is 9.84. The molecule has 0 radical (unpaired) electrons. The number of fused-ring (bicyclic) bond motifs is 6. The van der Waals surface area contributed by atoms with Crippen LogP contribution in [0.1, 0.15) is 83.2 Å². The lowest BCUT2D eigenvalue weighted by Gasteiger charge is -2.43. The molecule has 370 valence electrons. The summed E-state index contributed by atoms with van der Waals surface area (Å²) in [6.45, 7) is 18.5. The van der Waals surface area contributed by atoms with Gasteiger partial charge in [-0.15, -0.1) is 11.3 Å². The van der Waals surface area contributed by atoms with Gasteiger partial charge >= 0.3 is 12.0 Å². The molecule has 3 fully saturated rings. The standard InChI is InChI=1S/C51H67N9O8S/c1-10-42(61)57-21-18-51(28-57)29-58(22-23-68-51)49(65)56(8)44(31(3)4)46(62)54-38-25-41-53-39(27-69-41)33-16-17-40-35(24-33)36(45(59(40)11-2)34-14-12-19-52-43(34)32(5)66-9)26-50(6,7)30-67-48(64)37-15-13-20-60(55-37)47(38)63/h10,12,14,16-17,19,24,27,31-32,37-38,44,55H,1,11,13,15,18,20-23,25-26,28-30H2,2-9H3,(H,54,62)/t32-,37-,38-,44?,51+/m0/s1. The van der Waals surface area contributed by atoms with Crippen LogP contribution in [-0.2, 0) is 52.8 Å². The number of likely N-dealkylation sites (N-methyl/N-ethyl adjacent to an activating group) is 1. The minimum Gasteiger partial charge on any atom is -0.464 e. The van der Waals surface area contributed by atoms with E-state index in [2.05, 4.69) is 66.9 Å². The summed E-state index contributed by atoms with van der Waals surface area (Å²) in [5, 5.41) is 8.12. The van der Waals surface area contributed by atoms with E-state index in [1.165, 1.54) is 27.3 Å². The van der Waals surface area contributed by atoms with Gasteiger partial charge in [-0.1, -0.05) is 40.3 Å². The third kappa shape index (κ3) is 10.2. The molecule has 1 spiro atoms. The Morgan fingerprint density at radius 2 is 1.90 bits per heavy atom. The predicted octanol–water partition coefficient (Wildman–Crippen LogP) is 5.77. The van der Waals surface area contributed by atoms with E-state index in [-0.39, 0.29) is 50.1 Å². The van der Waals surface area contributed by atoms with Gasteiger partial charge in [0.25, 0.3) is 5.91 Å². The van der Waals surface area contributed by atoms with Gasteiger partial charge in [-0.05, 0) is 81.4 Å². The van der Waals surface area contributed by atoms with Crippen LogP contribution in [0.5, 0.6) is 0 Å². The van der Waals surface area contributed by atoms with E-state index in [1.54, 1.807) is 30.2 Å². The van der Waals surface area contributed by atoms with Crippen molar-refractivity contribution in [2.75, 3.05) is 60.1 Å². The fourth-order valence-corrected chi connectivity index (χ4v) is 11.4. The first kappa shape index (κ1) is 49.7. The molecule has 18 heteroatoms. The maximum Gasteiger partial charge on any atom is 0.324 e. The molecular formula is C51H67N9O8S. The molecular weight excluding hydrogens is 899 g/mol. The van der Waals surface area contributed by atoms with E-state index in [9.17, 15) is 24.0 Å². The number of thiazole rings is 1. The highest BCUT2D eigenvalue weighted by atomic mass is 32.1. The maximum atomic E-state index is 14.7. The molecule has 0 aliphatic carbocycles. The number of ether oxygens (including phenoxy) is 3. The summed E-state index contributed by atoms with van der Waals surface area (Å²) in [5.74, 6) is -1.91. The van der Waals surface area contributed by atoms with Gasteiger partial charge in [0.1, 0.15) is 23.7 Å². The maximum absolute atomic E-state index is 14.7. The van der Waals surface area contributed by atoms with Gasteiger partial charge in [0.05, 0.1) is 54.5 Å². The molecule has 3 aromatic heterocycles. The number of amides is 5. The smallest absolute Gasteiger partial charge is 0.324 e. The molecule has 4 aliphatic heterocycles. The van der Waals surface area contributed by atoms with Crippen molar-refractivity contribution in [1.29, 1.82) is 0 Å². The summed E-state index contributed by atoms with van der Waals surface area (Å²) in [6, 6.07) is 7.21. The molecule has 5 atom stereocenters. The molecule has 4 aliphatic rings. The third-order valence-electron chi connectivity index (χ3n) is 14.1. The number of carbonyl (C=O) groups excluding carboxylic acids is 5. The number of esters is 1. The van der Waals surface area contributed by atoms with Crippen molar-refractivity contribution in [3.8, 4) is 22.5 Å². The second-order valence-corrected chi connectivity index (χ2v) is 21.0. The van der Waals surface area contributed by atoms with Crippen molar-refractivity contribution >= 4 is 52.0 Å². The highest BCUT2D eigenvalue weighted by Gasteiger charge is 2.46. The Hall–Kier alpha value is -5.69. The normalized spacial score (nSPS) is 22.9. The van der Waals surface area contributed by atoms with Crippen LogP contribution in [-0.4, -0.2) is 148 Å². The lowest BCUT2D eigenvalue weighted by Crippen LogP contribution is -2.63. The lowest BCUT2D eigenvalue weighted by molar-refractivity contribution is -0.155. The molecule has 6 bridgehead atoms. The van der Waals surface area contributed by atoms with Crippen molar-refractivity contribution in [2.45, 2.75) is 110 Å². The molecule has 4 aromatic rings. The van der Waals surface area contributed by atoms with E-state index in [1.807, 2.05) is 32.2 Å². The topological polar surface area (TPSA) is 181 Å². The van der Waals surface area contributed by atoms with E-state index in [4.69, 9.17) is 24.2 Å². The number of aryl methyl sites for hydroxylation is 1. The molecule has 2 N–H and O–H groups in total. The summed E-state index contributed by atoms with van der Waals surface area (Å²) >= 11 is 1.41. The molecule has 17 nitrogen and oxygen atoms in total. The predicted molar refractivity (Wildman–Crippen MR) is 263 cm³/mol. The molecule has 8 rings (SSSR count). The van der Waals surface area contributed by atoms with Gasteiger partial charge in [-0.2, -0.15) is 0 Å². The Kier molecular flexibility index (Phi) is 14.7. The Morgan fingerprint density at radius 3 is 2.64 bits per heavy atom. The number of hydrogen-bond donors (Lipinski definition) is 2. The minimum absolute atomic E-state index is 0.0659. The van der Waals surface area contributed by atoms with E-state index >= 15 is 0 Å². The first-order valence-corrected chi connectivity index (χ1v) is 25.0. The monoisotopic (exact) mass is 965 g/mol. The largest absolute Gasteiger partial charge is 0.464 e. The first-order valence-electron chi connectivity index (χ1n) is 24.2. The number of benzene rings is 1. The van der Waals surface area contributed by atoms with Crippen LogP contribution in [0.25, 0.3) is 33.4 Å². The van der Waals surface area contributed by atoms with E-state index in [0.29, 0.717) is 63.4 Å². The van der Waals surface area contributed by atoms with Crippen LogP contribution in [0, 0.1) is 11.3 Å². The van der Waals surface area contributed by atoms with Gasteiger partial charge in [-0.3, -0.25) is 29.2 Å². The molecule has 0 saturated carbocycles. The van der Waals surface area contributed by atoms with Crippen LogP contribution in [0.4, 0.5) is 4.79 Å². The Morgan fingerprint density at radius 1 is 1.12 bits per heavy atom. The molecule has 69 heavy (non-hydrogen) atoms. The van der Waals surface area contributed by atoms with Gasteiger partial charge < -0.3 is 38.8 Å². The van der Waals surface area contributed by atoms with Crippen LogP contribution < -0.4 is 10.7 Å². The molecule has 7 heterocycles. The average molecular weight is 966 g/mol. The van der Waals surface area contributed by atoms with Crippen LogP contribution >= 0.6 is 11.3 Å². The molecule has 5 amide bonds. The Balaban J connectivity index is 1.13. The van der Waals surface area contributed by atoms with Gasteiger partial charge in [0.2, 0.25) is 11.8 Å². The SMILES string of the molecule is C=CC(=O)N1CC[C@@]2(C1)CN(C(=O)N(C)C(C(=O)N[C@H]1Cc3nc(cs3)-c3ccc4c(c3)c(c(-c3cccnc3[C@H](C)OC)n4CC)CC(C)(C)COC(=O)[C@@H]3CCCN(N3)C1=O)C(C)C)CCO2. The number of nitrogens with one attached hydrogen (secondary N) is 2. The van der Waals surface area contributed by atoms with Crippen LogP contribution in [0.3, 0.4) is 0 Å². The average Bonchev–Trinajstić information content (AvgIpc) is 4.07. The van der Waals surface area contributed by atoms with Gasteiger partial charge in [0, 0.05) is 85.8 Å². The quantitative estimate of drug-likeness (QED) is 0.154. The van der Waals surface area contributed by atoms with Crippen molar-refractivity contribution in [3.05, 3.63) is 70.8 Å². The number of morpholine rings is 1. The zero-order valence-electron chi connectivity index (χ0n) is 41.2.